The number of ether oxygens (including phenoxy) is 1. The van der Waals surface area contributed by atoms with Gasteiger partial charge in [-0.15, -0.1) is 11.3 Å². The molecular formula is C28H17ClN4O2S2. The molecule has 0 saturated carbocycles. The van der Waals surface area contributed by atoms with E-state index in [1.54, 1.807) is 36.4 Å². The fraction of sp³-hybridized carbons (Fsp3) is 0. The van der Waals surface area contributed by atoms with Gasteiger partial charge in [0, 0.05) is 0 Å². The maximum absolute atomic E-state index is 8.74. The van der Waals surface area contributed by atoms with Gasteiger partial charge in [0.15, 0.2) is 4.47 Å². The fourth-order valence-corrected chi connectivity index (χ4v) is 4.84. The Labute approximate surface area is 225 Å². The summed E-state index contributed by atoms with van der Waals surface area (Å²) in [4.78, 5) is 8.48. The van der Waals surface area contributed by atoms with E-state index >= 15 is 0 Å². The monoisotopic (exact) mass is 540 g/mol. The van der Waals surface area contributed by atoms with Crippen LogP contribution in [0.1, 0.15) is 11.1 Å². The van der Waals surface area contributed by atoms with Crippen LogP contribution in [0.25, 0.3) is 20.4 Å². The zero-order chi connectivity index (χ0) is 26.0. The standard InChI is InChI=1S/C14H8N2OS.C7H4ClNS.C7H5NO/c15-9-10-5-7-11(8-6-10)17-14-16-12-3-1-2-4-13(12)18-14;8-7-9-5-3-1-2-4-6(5)10-7;8-5-6-1-3-7(9)4-2-6/h1-8H;1-4H;1-4,9H. The molecule has 0 aliphatic rings. The number of nitriles is 2. The number of halogens is 1. The molecule has 0 amide bonds. The predicted octanol–water partition coefficient (Wildman–Crippen LogP) is 8.17. The van der Waals surface area contributed by atoms with Crippen molar-refractivity contribution in [3.8, 4) is 28.8 Å². The molecule has 0 unspecified atom stereocenters. The van der Waals surface area contributed by atoms with Crippen molar-refractivity contribution in [2.75, 3.05) is 0 Å². The molecule has 37 heavy (non-hydrogen) atoms. The van der Waals surface area contributed by atoms with E-state index in [0.29, 0.717) is 26.5 Å². The van der Waals surface area contributed by atoms with E-state index in [-0.39, 0.29) is 5.75 Å². The minimum absolute atomic E-state index is 0.189. The molecule has 0 aliphatic carbocycles. The van der Waals surface area contributed by atoms with Gasteiger partial charge in [0.25, 0.3) is 5.19 Å². The van der Waals surface area contributed by atoms with Crippen molar-refractivity contribution in [3.05, 3.63) is 113 Å². The minimum atomic E-state index is 0.189. The molecule has 0 bridgehead atoms. The van der Waals surface area contributed by atoms with Crippen LogP contribution in [0.3, 0.4) is 0 Å². The Hall–Kier alpha value is -4.47. The average molecular weight is 541 g/mol. The van der Waals surface area contributed by atoms with Gasteiger partial charge in [-0.3, -0.25) is 0 Å². The molecular weight excluding hydrogens is 524 g/mol. The van der Waals surface area contributed by atoms with E-state index in [9.17, 15) is 0 Å². The number of phenolic OH excluding ortho intramolecular Hbond substituents is 1. The van der Waals surface area contributed by atoms with Crippen molar-refractivity contribution in [2.45, 2.75) is 0 Å². The highest BCUT2D eigenvalue weighted by Gasteiger charge is 2.05. The molecule has 6 rings (SSSR count). The molecule has 2 heterocycles. The van der Waals surface area contributed by atoms with E-state index in [1.807, 2.05) is 54.6 Å². The molecule has 0 saturated heterocycles. The lowest BCUT2D eigenvalue weighted by molar-refractivity contribution is 0.475. The summed E-state index contributed by atoms with van der Waals surface area (Å²) < 4.78 is 8.52. The molecule has 0 fully saturated rings. The van der Waals surface area contributed by atoms with Gasteiger partial charge < -0.3 is 9.84 Å². The molecule has 4 aromatic carbocycles. The summed E-state index contributed by atoms with van der Waals surface area (Å²) in [5.74, 6) is 0.877. The Morgan fingerprint density at radius 3 is 1.73 bits per heavy atom. The first kappa shape index (κ1) is 25.6. The second-order valence-electron chi connectivity index (χ2n) is 7.28. The quantitative estimate of drug-likeness (QED) is 0.237. The first-order valence-electron chi connectivity index (χ1n) is 10.8. The topological polar surface area (TPSA) is 103 Å². The van der Waals surface area contributed by atoms with Gasteiger partial charge in [0.05, 0.1) is 43.7 Å². The number of nitrogens with zero attached hydrogens (tertiary/aromatic N) is 4. The number of fused-ring (bicyclic) bond motifs is 2. The van der Waals surface area contributed by atoms with Crippen LogP contribution in [-0.2, 0) is 0 Å². The van der Waals surface area contributed by atoms with E-state index in [1.165, 1.54) is 34.8 Å². The normalized spacial score (nSPS) is 9.81. The lowest BCUT2D eigenvalue weighted by Crippen LogP contribution is -1.82. The highest BCUT2D eigenvalue weighted by atomic mass is 35.5. The van der Waals surface area contributed by atoms with Crippen LogP contribution >= 0.6 is 34.3 Å². The van der Waals surface area contributed by atoms with Crippen LogP contribution in [0.15, 0.2) is 97.1 Å². The zero-order valence-corrected chi connectivity index (χ0v) is 21.5. The number of para-hydroxylation sites is 2. The van der Waals surface area contributed by atoms with E-state index in [2.05, 4.69) is 16.0 Å². The highest BCUT2D eigenvalue weighted by molar-refractivity contribution is 7.22. The summed E-state index contributed by atoms with van der Waals surface area (Å²) in [5.41, 5.74) is 3.10. The van der Waals surface area contributed by atoms with E-state index in [0.717, 1.165) is 20.4 Å². The van der Waals surface area contributed by atoms with E-state index < -0.39 is 0 Å². The van der Waals surface area contributed by atoms with Gasteiger partial charge >= 0.3 is 0 Å². The zero-order valence-electron chi connectivity index (χ0n) is 19.1. The molecule has 1 N–H and O–H groups in total. The molecule has 0 radical (unpaired) electrons. The largest absolute Gasteiger partial charge is 0.508 e. The van der Waals surface area contributed by atoms with Crippen molar-refractivity contribution in [1.29, 1.82) is 10.5 Å². The van der Waals surface area contributed by atoms with Crippen molar-refractivity contribution >= 4 is 54.7 Å². The summed E-state index contributed by atoms with van der Waals surface area (Å²) in [7, 11) is 0. The van der Waals surface area contributed by atoms with Gasteiger partial charge in [-0.1, -0.05) is 47.2 Å². The maximum Gasteiger partial charge on any atom is 0.279 e. The van der Waals surface area contributed by atoms with Crippen LogP contribution in [0, 0.1) is 22.7 Å². The van der Waals surface area contributed by atoms with Crippen LogP contribution in [-0.4, -0.2) is 15.1 Å². The summed E-state index contributed by atoms with van der Waals surface area (Å²) >= 11 is 8.70. The lowest BCUT2D eigenvalue weighted by atomic mass is 10.2. The molecule has 6 aromatic rings. The molecule has 180 valence electrons. The van der Waals surface area contributed by atoms with Gasteiger partial charge in [-0.2, -0.15) is 10.5 Å². The minimum Gasteiger partial charge on any atom is -0.508 e. The first-order valence-corrected chi connectivity index (χ1v) is 12.8. The van der Waals surface area contributed by atoms with Gasteiger partial charge in [-0.05, 0) is 72.8 Å². The Balaban J connectivity index is 0.000000143. The van der Waals surface area contributed by atoms with Crippen molar-refractivity contribution in [1.82, 2.24) is 9.97 Å². The molecule has 0 aliphatic heterocycles. The predicted molar refractivity (Wildman–Crippen MR) is 148 cm³/mol. The van der Waals surface area contributed by atoms with E-state index in [4.69, 9.17) is 32.0 Å². The van der Waals surface area contributed by atoms with Gasteiger partial charge in [0.1, 0.15) is 11.5 Å². The molecule has 6 nitrogen and oxygen atoms in total. The fourth-order valence-electron chi connectivity index (χ4n) is 2.97. The molecule has 2 aromatic heterocycles. The van der Waals surface area contributed by atoms with Crippen molar-refractivity contribution in [2.24, 2.45) is 0 Å². The number of aromatic hydroxyl groups is 1. The first-order chi connectivity index (χ1) is 18.0. The number of thiazole rings is 2. The number of benzene rings is 4. The summed E-state index contributed by atoms with van der Waals surface area (Å²) in [5, 5.41) is 26.4. The number of aromatic nitrogens is 2. The van der Waals surface area contributed by atoms with Gasteiger partial charge in [0.2, 0.25) is 0 Å². The maximum atomic E-state index is 8.74. The summed E-state index contributed by atoms with van der Waals surface area (Å²) in [6.45, 7) is 0. The SMILES string of the molecule is Clc1nc2ccccc2s1.N#Cc1ccc(O)cc1.N#Cc1ccc(Oc2nc3ccccc3s2)cc1. The van der Waals surface area contributed by atoms with Crippen molar-refractivity contribution < 1.29 is 9.84 Å². The Morgan fingerprint density at radius 1 is 0.676 bits per heavy atom. The van der Waals surface area contributed by atoms with Gasteiger partial charge in [-0.25, -0.2) is 9.97 Å². The Kier molecular flexibility index (Phi) is 8.64. The third-order valence-electron chi connectivity index (χ3n) is 4.73. The smallest absolute Gasteiger partial charge is 0.279 e. The molecule has 9 heteroatoms. The number of hydrogen-bond donors (Lipinski definition) is 1. The average Bonchev–Trinajstić information content (AvgIpc) is 3.52. The summed E-state index contributed by atoms with van der Waals surface area (Å²) in [6, 6.07) is 32.9. The van der Waals surface area contributed by atoms with Crippen LogP contribution < -0.4 is 4.74 Å². The summed E-state index contributed by atoms with van der Waals surface area (Å²) in [6.07, 6.45) is 0. The third kappa shape index (κ3) is 7.26. The van der Waals surface area contributed by atoms with Crippen molar-refractivity contribution in [3.63, 3.8) is 0 Å². The highest BCUT2D eigenvalue weighted by Crippen LogP contribution is 2.31. The lowest BCUT2D eigenvalue weighted by Gasteiger charge is -2.00. The molecule has 0 spiro atoms. The van der Waals surface area contributed by atoms with Crippen LogP contribution in [0.4, 0.5) is 0 Å². The second-order valence-corrected chi connectivity index (χ2v) is 9.88. The number of hydrogen-bond acceptors (Lipinski definition) is 8. The number of rotatable bonds is 2. The van der Waals surface area contributed by atoms with Crippen LogP contribution in [0.2, 0.25) is 4.47 Å². The van der Waals surface area contributed by atoms with Crippen LogP contribution in [0.5, 0.6) is 16.7 Å². The second kappa shape index (κ2) is 12.5. The number of phenols is 1. The Morgan fingerprint density at radius 2 is 1.19 bits per heavy atom. The Bertz CT molecular complexity index is 1630. The molecule has 0 atom stereocenters. The third-order valence-corrected chi connectivity index (χ3v) is 6.78.